The summed E-state index contributed by atoms with van der Waals surface area (Å²) in [6, 6.07) is 0. The minimum absolute atomic E-state index is 0.400. The number of nitrogens with zero attached hydrogens (tertiary/aromatic N) is 1. The van der Waals surface area contributed by atoms with Crippen LogP contribution in [0.5, 0.6) is 0 Å². The van der Waals surface area contributed by atoms with Crippen molar-refractivity contribution < 1.29 is 19.5 Å². The number of hydrogen-bond acceptors (Lipinski definition) is 4. The Bertz CT molecular complexity index is 439. The molecule has 1 rings (SSSR count). The first-order valence-electron chi connectivity index (χ1n) is 4.74. The molecule has 0 fully saturated rings. The van der Waals surface area contributed by atoms with E-state index in [1.807, 2.05) is 0 Å². The zero-order valence-corrected chi connectivity index (χ0v) is 9.99. The van der Waals surface area contributed by atoms with Gasteiger partial charge >= 0.3 is 5.97 Å². The van der Waals surface area contributed by atoms with Crippen molar-refractivity contribution in [3.05, 3.63) is 21.9 Å². The molecule has 0 radical (unpaired) electrons. The molecule has 0 aromatic carbocycles. The number of amides is 2. The fourth-order valence-electron chi connectivity index (χ4n) is 1.30. The number of primary amides is 1. The average Bonchev–Trinajstić information content (AvgIpc) is 2.61. The van der Waals surface area contributed by atoms with Crippen LogP contribution in [-0.4, -0.2) is 40.9 Å². The predicted molar refractivity (Wildman–Crippen MR) is 61.8 cm³/mol. The molecule has 7 heteroatoms. The number of nitrogens with two attached hydrogens (primary N) is 1. The van der Waals surface area contributed by atoms with Gasteiger partial charge in [0.1, 0.15) is 13.1 Å². The lowest BCUT2D eigenvalue weighted by Crippen LogP contribution is -2.41. The van der Waals surface area contributed by atoms with Gasteiger partial charge < -0.3 is 15.7 Å². The lowest BCUT2D eigenvalue weighted by molar-refractivity contribution is -0.138. The molecule has 0 saturated carbocycles. The monoisotopic (exact) mass is 256 g/mol. The molecule has 92 valence electrons. The first-order valence-corrected chi connectivity index (χ1v) is 5.68. The van der Waals surface area contributed by atoms with Crippen LogP contribution in [0.3, 0.4) is 0 Å². The number of thiophene rings is 1. The summed E-state index contributed by atoms with van der Waals surface area (Å²) in [7, 11) is 0. The van der Waals surface area contributed by atoms with Crippen LogP contribution in [-0.2, 0) is 9.59 Å². The molecule has 0 unspecified atom stereocenters. The maximum Gasteiger partial charge on any atom is 0.323 e. The van der Waals surface area contributed by atoms with Gasteiger partial charge in [0.15, 0.2) is 0 Å². The Hall–Kier alpha value is -1.89. The fourth-order valence-corrected chi connectivity index (χ4v) is 2.12. The smallest absolute Gasteiger partial charge is 0.323 e. The van der Waals surface area contributed by atoms with Crippen molar-refractivity contribution >= 4 is 29.1 Å². The molecule has 0 aliphatic heterocycles. The topological polar surface area (TPSA) is 101 Å². The number of aryl methyl sites for hydroxylation is 1. The van der Waals surface area contributed by atoms with E-state index in [4.69, 9.17) is 10.8 Å². The van der Waals surface area contributed by atoms with Gasteiger partial charge in [0.05, 0.1) is 5.56 Å². The summed E-state index contributed by atoms with van der Waals surface area (Å²) >= 11 is 1.34. The van der Waals surface area contributed by atoms with Gasteiger partial charge in [-0.1, -0.05) is 0 Å². The van der Waals surface area contributed by atoms with Crippen molar-refractivity contribution in [1.29, 1.82) is 0 Å². The molecule has 0 aliphatic rings. The Morgan fingerprint density at radius 1 is 1.35 bits per heavy atom. The van der Waals surface area contributed by atoms with Gasteiger partial charge in [0.2, 0.25) is 5.91 Å². The standard InChI is InChI=1S/C10H12N2O4S/c1-6-4-17-5-7(6)10(16)12(2-8(11)13)3-9(14)15/h4-5H,2-3H2,1H3,(H2,11,13)(H,14,15). The summed E-state index contributed by atoms with van der Waals surface area (Å²) in [5, 5.41) is 12.1. The first-order chi connectivity index (χ1) is 7.91. The third-order valence-corrected chi connectivity index (χ3v) is 2.91. The highest BCUT2D eigenvalue weighted by Crippen LogP contribution is 2.15. The van der Waals surface area contributed by atoms with E-state index < -0.39 is 30.9 Å². The quantitative estimate of drug-likeness (QED) is 0.778. The summed E-state index contributed by atoms with van der Waals surface area (Å²) in [5.41, 5.74) is 6.13. The zero-order chi connectivity index (χ0) is 13.0. The summed E-state index contributed by atoms with van der Waals surface area (Å²) < 4.78 is 0. The van der Waals surface area contributed by atoms with Crippen LogP contribution in [0, 0.1) is 6.92 Å². The van der Waals surface area contributed by atoms with Crippen molar-refractivity contribution in [1.82, 2.24) is 4.90 Å². The van der Waals surface area contributed by atoms with Crippen molar-refractivity contribution in [2.24, 2.45) is 5.73 Å². The summed E-state index contributed by atoms with van der Waals surface area (Å²) in [5.74, 6) is -2.43. The van der Waals surface area contributed by atoms with Crippen molar-refractivity contribution in [2.45, 2.75) is 6.92 Å². The van der Waals surface area contributed by atoms with Crippen LogP contribution in [0.15, 0.2) is 10.8 Å². The van der Waals surface area contributed by atoms with Crippen molar-refractivity contribution in [3.8, 4) is 0 Å². The fraction of sp³-hybridized carbons (Fsp3) is 0.300. The van der Waals surface area contributed by atoms with E-state index in [1.54, 1.807) is 17.7 Å². The van der Waals surface area contributed by atoms with Crippen LogP contribution < -0.4 is 5.73 Å². The van der Waals surface area contributed by atoms with Crippen molar-refractivity contribution in [3.63, 3.8) is 0 Å². The number of carboxylic acid groups (broad SMARTS) is 1. The summed E-state index contributed by atoms with van der Waals surface area (Å²) in [6.45, 7) is 0.796. The molecule has 0 aliphatic carbocycles. The minimum atomic E-state index is -1.19. The molecule has 1 aromatic rings. The van der Waals surface area contributed by atoms with Crippen LogP contribution in [0.4, 0.5) is 0 Å². The molecular formula is C10H12N2O4S. The number of carboxylic acids is 1. The molecule has 6 nitrogen and oxygen atoms in total. The minimum Gasteiger partial charge on any atom is -0.480 e. The van der Waals surface area contributed by atoms with Gasteiger partial charge in [-0.2, -0.15) is 11.3 Å². The Labute approximate surface area is 102 Å². The maximum atomic E-state index is 12.0. The first kappa shape index (κ1) is 13.2. The average molecular weight is 256 g/mol. The van der Waals surface area contributed by atoms with E-state index in [1.165, 1.54) is 11.3 Å². The lowest BCUT2D eigenvalue weighted by atomic mass is 10.2. The third-order valence-electron chi connectivity index (χ3n) is 2.05. The Morgan fingerprint density at radius 2 is 2.00 bits per heavy atom. The predicted octanol–water partition coefficient (Wildman–Crippen LogP) is 0.0686. The summed E-state index contributed by atoms with van der Waals surface area (Å²) in [6.07, 6.45) is 0. The second kappa shape index (κ2) is 5.44. The maximum absolute atomic E-state index is 12.0. The Balaban J connectivity index is 2.90. The number of carbonyl (C=O) groups excluding carboxylic acids is 2. The highest BCUT2D eigenvalue weighted by Gasteiger charge is 2.21. The van der Waals surface area contributed by atoms with Gasteiger partial charge in [-0.3, -0.25) is 14.4 Å². The van der Waals surface area contributed by atoms with Gasteiger partial charge in [0.25, 0.3) is 5.91 Å². The molecule has 1 heterocycles. The molecule has 3 N–H and O–H groups in total. The van der Waals surface area contributed by atoms with Gasteiger partial charge in [0, 0.05) is 5.38 Å². The lowest BCUT2D eigenvalue weighted by Gasteiger charge is -2.18. The zero-order valence-electron chi connectivity index (χ0n) is 9.17. The van der Waals surface area contributed by atoms with E-state index in [9.17, 15) is 14.4 Å². The third kappa shape index (κ3) is 3.56. The summed E-state index contributed by atoms with van der Waals surface area (Å²) in [4.78, 5) is 34.3. The van der Waals surface area contributed by atoms with Crippen molar-refractivity contribution in [2.75, 3.05) is 13.1 Å². The molecule has 0 saturated heterocycles. The van der Waals surface area contributed by atoms with Gasteiger partial charge in [-0.25, -0.2) is 0 Å². The largest absolute Gasteiger partial charge is 0.480 e. The number of carbonyl (C=O) groups is 3. The van der Waals surface area contributed by atoms with E-state index in [0.717, 1.165) is 10.5 Å². The number of rotatable bonds is 5. The molecular weight excluding hydrogens is 244 g/mol. The van der Waals surface area contributed by atoms with E-state index in [0.29, 0.717) is 5.56 Å². The molecule has 2 amide bonds. The number of aliphatic carboxylic acids is 1. The van der Waals surface area contributed by atoms with Crippen LogP contribution in [0.1, 0.15) is 15.9 Å². The molecule has 0 bridgehead atoms. The second-order valence-corrected chi connectivity index (χ2v) is 4.23. The molecule has 0 atom stereocenters. The van der Waals surface area contributed by atoms with E-state index >= 15 is 0 Å². The van der Waals surface area contributed by atoms with Gasteiger partial charge in [-0.05, 0) is 17.9 Å². The molecule has 17 heavy (non-hydrogen) atoms. The van der Waals surface area contributed by atoms with E-state index in [2.05, 4.69) is 0 Å². The van der Waals surface area contributed by atoms with Crippen LogP contribution in [0.25, 0.3) is 0 Å². The Kier molecular flexibility index (Phi) is 4.22. The highest BCUT2D eigenvalue weighted by atomic mass is 32.1. The van der Waals surface area contributed by atoms with E-state index in [-0.39, 0.29) is 0 Å². The molecule has 0 spiro atoms. The number of hydrogen-bond donors (Lipinski definition) is 2. The van der Waals surface area contributed by atoms with Gasteiger partial charge in [-0.15, -0.1) is 0 Å². The van der Waals surface area contributed by atoms with Crippen LogP contribution in [0.2, 0.25) is 0 Å². The highest BCUT2D eigenvalue weighted by molar-refractivity contribution is 7.08. The SMILES string of the molecule is Cc1cscc1C(=O)N(CC(N)=O)CC(=O)O. The van der Waals surface area contributed by atoms with Crippen LogP contribution >= 0.6 is 11.3 Å². The molecule has 1 aromatic heterocycles. The Morgan fingerprint density at radius 3 is 2.41 bits per heavy atom. The second-order valence-electron chi connectivity index (χ2n) is 3.49. The normalized spacial score (nSPS) is 9.94.